The molecule has 4 nitrogen and oxygen atoms in total. The van der Waals surface area contributed by atoms with Crippen LogP contribution >= 0.6 is 0 Å². The van der Waals surface area contributed by atoms with E-state index in [2.05, 4.69) is 22.5 Å². The van der Waals surface area contributed by atoms with Crippen molar-refractivity contribution in [1.82, 2.24) is 9.78 Å². The molecule has 2 aromatic rings. The number of anilines is 1. The summed E-state index contributed by atoms with van der Waals surface area (Å²) in [5.41, 5.74) is 3.54. The summed E-state index contributed by atoms with van der Waals surface area (Å²) in [5, 5.41) is 7.94. The number of nitrogens with one attached hydrogen (secondary N) is 1. The Labute approximate surface area is 119 Å². The third-order valence-electron chi connectivity index (χ3n) is 4.09. The molecule has 1 N–H and O–H groups in total. The number of hydrogen-bond acceptors (Lipinski definition) is 3. The molecule has 0 amide bonds. The van der Waals surface area contributed by atoms with Crippen molar-refractivity contribution in [3.8, 4) is 5.75 Å². The number of aromatic nitrogens is 2. The molecule has 0 aliphatic heterocycles. The van der Waals surface area contributed by atoms with E-state index in [1.54, 1.807) is 7.11 Å². The number of rotatable bonds is 4. The van der Waals surface area contributed by atoms with Crippen LogP contribution in [0.25, 0.3) is 0 Å². The monoisotopic (exact) mass is 271 g/mol. The molecule has 1 heterocycles. The first kappa shape index (κ1) is 13.0. The van der Waals surface area contributed by atoms with Crippen molar-refractivity contribution in [3.05, 3.63) is 41.7 Å². The van der Waals surface area contributed by atoms with Gasteiger partial charge < -0.3 is 10.1 Å². The molecule has 1 aromatic carbocycles. The molecule has 1 aliphatic carbocycles. The lowest BCUT2D eigenvalue weighted by Crippen LogP contribution is -2.34. The Bertz CT molecular complexity index is 600. The van der Waals surface area contributed by atoms with E-state index in [0.717, 1.165) is 30.0 Å². The van der Waals surface area contributed by atoms with Crippen LogP contribution in [0.2, 0.25) is 0 Å². The van der Waals surface area contributed by atoms with Crippen molar-refractivity contribution in [2.75, 3.05) is 12.4 Å². The molecule has 106 valence electrons. The third-order valence-corrected chi connectivity index (χ3v) is 4.09. The lowest BCUT2D eigenvalue weighted by molar-refractivity contribution is 0.349. The minimum Gasteiger partial charge on any atom is -0.496 e. The maximum Gasteiger partial charge on any atom is 0.122 e. The van der Waals surface area contributed by atoms with Crippen LogP contribution in [-0.2, 0) is 7.05 Å². The van der Waals surface area contributed by atoms with Crippen molar-refractivity contribution >= 4 is 5.69 Å². The average molecular weight is 271 g/mol. The predicted molar refractivity (Wildman–Crippen MR) is 80.3 cm³/mol. The summed E-state index contributed by atoms with van der Waals surface area (Å²) in [4.78, 5) is 0. The van der Waals surface area contributed by atoms with Gasteiger partial charge in [0.25, 0.3) is 0 Å². The maximum absolute atomic E-state index is 5.44. The second-order valence-electron chi connectivity index (χ2n) is 5.55. The molecule has 0 spiro atoms. The van der Waals surface area contributed by atoms with Crippen molar-refractivity contribution < 1.29 is 4.74 Å². The first-order chi connectivity index (χ1) is 9.67. The van der Waals surface area contributed by atoms with Crippen LogP contribution in [0, 0.1) is 6.92 Å². The van der Waals surface area contributed by atoms with Gasteiger partial charge in [-0.15, -0.1) is 0 Å². The van der Waals surface area contributed by atoms with Crippen LogP contribution in [0.3, 0.4) is 0 Å². The highest BCUT2D eigenvalue weighted by Crippen LogP contribution is 2.42. The molecule has 0 bridgehead atoms. The summed E-state index contributed by atoms with van der Waals surface area (Å²) in [6.07, 6.45) is 4.34. The zero-order chi connectivity index (χ0) is 14.1. The van der Waals surface area contributed by atoms with Crippen LogP contribution in [0.4, 0.5) is 5.69 Å². The fourth-order valence-corrected chi connectivity index (χ4v) is 2.95. The first-order valence-electron chi connectivity index (χ1n) is 7.07. The minimum atomic E-state index is 0.535. The Balaban J connectivity index is 1.63. The molecule has 1 aromatic heterocycles. The number of benzene rings is 1. The number of hydrogen-bond donors (Lipinski definition) is 1. The summed E-state index contributed by atoms with van der Waals surface area (Å²) < 4.78 is 7.30. The Morgan fingerprint density at radius 3 is 2.70 bits per heavy atom. The number of ether oxygens (including phenoxy) is 1. The molecule has 3 rings (SSSR count). The molecule has 0 atom stereocenters. The number of methoxy groups -OCH3 is 1. The van der Waals surface area contributed by atoms with Gasteiger partial charge in [0.2, 0.25) is 0 Å². The highest BCUT2D eigenvalue weighted by molar-refractivity contribution is 5.48. The van der Waals surface area contributed by atoms with Crippen LogP contribution in [0.15, 0.2) is 30.5 Å². The minimum absolute atomic E-state index is 0.535. The Morgan fingerprint density at radius 1 is 1.30 bits per heavy atom. The summed E-state index contributed by atoms with van der Waals surface area (Å²) in [6.45, 7) is 2.04. The summed E-state index contributed by atoms with van der Waals surface area (Å²) in [5.74, 6) is 1.61. The number of aryl methyl sites for hydroxylation is 2. The normalized spacial score (nSPS) is 21.4. The fourth-order valence-electron chi connectivity index (χ4n) is 2.95. The molecule has 1 aliphatic rings. The Kier molecular flexibility index (Phi) is 3.38. The van der Waals surface area contributed by atoms with Gasteiger partial charge in [0, 0.05) is 19.3 Å². The zero-order valence-electron chi connectivity index (χ0n) is 12.3. The number of nitrogens with zero attached hydrogens (tertiary/aromatic N) is 2. The zero-order valence-corrected chi connectivity index (χ0v) is 12.3. The number of para-hydroxylation sites is 1. The van der Waals surface area contributed by atoms with E-state index in [1.165, 1.54) is 5.56 Å². The van der Waals surface area contributed by atoms with Gasteiger partial charge in [-0.2, -0.15) is 5.10 Å². The summed E-state index contributed by atoms with van der Waals surface area (Å²) in [6, 6.07) is 8.86. The summed E-state index contributed by atoms with van der Waals surface area (Å²) in [7, 11) is 3.70. The second-order valence-corrected chi connectivity index (χ2v) is 5.55. The molecule has 1 saturated carbocycles. The van der Waals surface area contributed by atoms with Crippen LogP contribution in [0.1, 0.15) is 30.0 Å². The molecular weight excluding hydrogens is 250 g/mol. The van der Waals surface area contributed by atoms with Gasteiger partial charge in [-0.25, -0.2) is 0 Å². The quantitative estimate of drug-likeness (QED) is 0.928. The van der Waals surface area contributed by atoms with Gasteiger partial charge in [-0.3, -0.25) is 4.68 Å². The van der Waals surface area contributed by atoms with E-state index < -0.39 is 0 Å². The fraction of sp³-hybridized carbons (Fsp3) is 0.438. The SMILES string of the molecule is COc1ccccc1C1CC(Nc2cn(C)nc2C)C1. The Hall–Kier alpha value is -1.97. The molecule has 1 fully saturated rings. The highest BCUT2D eigenvalue weighted by Gasteiger charge is 2.32. The lowest BCUT2D eigenvalue weighted by Gasteiger charge is -2.37. The molecule has 4 heteroatoms. The predicted octanol–water partition coefficient (Wildman–Crippen LogP) is 3.10. The van der Waals surface area contributed by atoms with E-state index in [4.69, 9.17) is 4.74 Å². The first-order valence-corrected chi connectivity index (χ1v) is 7.07. The Morgan fingerprint density at radius 2 is 2.05 bits per heavy atom. The van der Waals surface area contributed by atoms with E-state index in [9.17, 15) is 0 Å². The maximum atomic E-state index is 5.44. The third kappa shape index (κ3) is 2.38. The van der Waals surface area contributed by atoms with Crippen LogP contribution in [-0.4, -0.2) is 22.9 Å². The summed E-state index contributed by atoms with van der Waals surface area (Å²) >= 11 is 0. The lowest BCUT2D eigenvalue weighted by atomic mass is 9.75. The topological polar surface area (TPSA) is 39.1 Å². The molecule has 0 unspecified atom stereocenters. The molecular formula is C16H21N3O. The van der Waals surface area contributed by atoms with E-state index in [-0.39, 0.29) is 0 Å². The molecule has 20 heavy (non-hydrogen) atoms. The van der Waals surface area contributed by atoms with E-state index in [0.29, 0.717) is 12.0 Å². The largest absolute Gasteiger partial charge is 0.496 e. The van der Waals surface area contributed by atoms with Crippen LogP contribution < -0.4 is 10.1 Å². The standard InChI is InChI=1S/C16H21N3O/c1-11-15(10-19(2)18-11)17-13-8-12(9-13)14-6-4-5-7-16(14)20-3/h4-7,10,12-13,17H,8-9H2,1-3H3. The van der Waals surface area contributed by atoms with Gasteiger partial charge in [-0.05, 0) is 37.3 Å². The second kappa shape index (κ2) is 5.19. The van der Waals surface area contributed by atoms with E-state index in [1.807, 2.05) is 37.0 Å². The van der Waals surface area contributed by atoms with Gasteiger partial charge >= 0.3 is 0 Å². The van der Waals surface area contributed by atoms with Crippen molar-refractivity contribution in [2.45, 2.75) is 31.7 Å². The van der Waals surface area contributed by atoms with E-state index >= 15 is 0 Å². The highest BCUT2D eigenvalue weighted by atomic mass is 16.5. The van der Waals surface area contributed by atoms with Crippen molar-refractivity contribution in [3.63, 3.8) is 0 Å². The van der Waals surface area contributed by atoms with Crippen molar-refractivity contribution in [1.29, 1.82) is 0 Å². The van der Waals surface area contributed by atoms with Gasteiger partial charge in [0.1, 0.15) is 5.75 Å². The van der Waals surface area contributed by atoms with Gasteiger partial charge in [-0.1, -0.05) is 18.2 Å². The average Bonchev–Trinajstić information content (AvgIpc) is 2.71. The molecule has 0 radical (unpaired) electrons. The molecule has 0 saturated heterocycles. The van der Waals surface area contributed by atoms with Crippen molar-refractivity contribution in [2.24, 2.45) is 7.05 Å². The van der Waals surface area contributed by atoms with Gasteiger partial charge in [0.05, 0.1) is 18.5 Å². The van der Waals surface area contributed by atoms with Gasteiger partial charge in [0.15, 0.2) is 0 Å². The smallest absolute Gasteiger partial charge is 0.122 e. The van der Waals surface area contributed by atoms with Crippen LogP contribution in [0.5, 0.6) is 5.75 Å².